The van der Waals surface area contributed by atoms with Gasteiger partial charge in [0.05, 0.1) is 5.69 Å². The molecule has 0 bridgehead atoms. The third kappa shape index (κ3) is 2.59. The van der Waals surface area contributed by atoms with Gasteiger partial charge in [-0.3, -0.25) is 0 Å². The number of aromatic nitrogens is 2. The normalized spacial score (nSPS) is 11.5. The second-order valence-electron chi connectivity index (χ2n) is 4.54. The Kier molecular flexibility index (Phi) is 3.54. The first-order valence-corrected chi connectivity index (χ1v) is 6.83. The lowest BCUT2D eigenvalue weighted by molar-refractivity contribution is 0.750. The molecule has 0 atom stereocenters. The molecule has 0 unspecified atom stereocenters. The molecule has 2 aromatic rings. The summed E-state index contributed by atoms with van der Waals surface area (Å²) in [5.74, 6) is 2.97. The predicted octanol–water partition coefficient (Wildman–Crippen LogP) is 3.53. The topological polar surface area (TPSA) is 17.3 Å². The van der Waals surface area contributed by atoms with Crippen LogP contribution in [0.1, 0.15) is 25.2 Å². The fourth-order valence-electron chi connectivity index (χ4n) is 1.67. The van der Waals surface area contributed by atoms with Gasteiger partial charge in [-0.25, -0.2) is 4.98 Å². The largest absolute Gasteiger partial charge is 0.304 e. The lowest BCUT2D eigenvalue weighted by atomic mass is 10.3. The zero-order valence-electron chi connectivity index (χ0n) is 10.1. The van der Waals surface area contributed by atoms with Gasteiger partial charge in [0.1, 0.15) is 5.65 Å². The van der Waals surface area contributed by atoms with Crippen molar-refractivity contribution in [3.63, 3.8) is 0 Å². The molecule has 3 heteroatoms. The van der Waals surface area contributed by atoms with Crippen LogP contribution in [0.2, 0.25) is 0 Å². The van der Waals surface area contributed by atoms with Crippen molar-refractivity contribution in [3.8, 4) is 0 Å². The molecule has 2 rings (SSSR count). The van der Waals surface area contributed by atoms with Gasteiger partial charge >= 0.3 is 0 Å². The van der Waals surface area contributed by atoms with E-state index >= 15 is 0 Å². The number of pyridine rings is 1. The Morgan fingerprint density at radius 2 is 2.19 bits per heavy atom. The zero-order chi connectivity index (χ0) is 11.5. The van der Waals surface area contributed by atoms with E-state index in [1.54, 1.807) is 0 Å². The Morgan fingerprint density at radius 3 is 2.88 bits per heavy atom. The highest BCUT2D eigenvalue weighted by atomic mass is 32.2. The van der Waals surface area contributed by atoms with E-state index < -0.39 is 0 Å². The smallest absolute Gasteiger partial charge is 0.137 e. The summed E-state index contributed by atoms with van der Waals surface area (Å²) >= 11 is 1.96. The molecule has 0 aromatic carbocycles. The minimum atomic E-state index is 0.753. The molecule has 0 aliphatic carbocycles. The maximum atomic E-state index is 4.61. The highest BCUT2D eigenvalue weighted by molar-refractivity contribution is 7.98. The molecule has 2 heterocycles. The summed E-state index contributed by atoms with van der Waals surface area (Å²) in [5.41, 5.74) is 3.48. The van der Waals surface area contributed by atoms with Crippen LogP contribution in [0.15, 0.2) is 24.4 Å². The van der Waals surface area contributed by atoms with Crippen molar-refractivity contribution in [2.45, 2.75) is 26.5 Å². The molecule has 2 nitrogen and oxygen atoms in total. The average molecular weight is 234 g/mol. The van der Waals surface area contributed by atoms with Crippen molar-refractivity contribution in [1.82, 2.24) is 9.38 Å². The van der Waals surface area contributed by atoms with Crippen LogP contribution in [-0.4, -0.2) is 15.1 Å². The maximum Gasteiger partial charge on any atom is 0.137 e. The van der Waals surface area contributed by atoms with Gasteiger partial charge in [-0.15, -0.1) is 0 Å². The van der Waals surface area contributed by atoms with Crippen LogP contribution in [-0.2, 0) is 5.75 Å². The Bertz CT molecular complexity index is 474. The van der Waals surface area contributed by atoms with Gasteiger partial charge in [0.15, 0.2) is 0 Å². The van der Waals surface area contributed by atoms with Crippen molar-refractivity contribution in [2.75, 3.05) is 5.75 Å². The van der Waals surface area contributed by atoms with Gasteiger partial charge in [-0.1, -0.05) is 19.9 Å². The number of rotatable bonds is 4. The number of nitrogens with zero attached hydrogens (tertiary/aromatic N) is 2. The average Bonchev–Trinajstić information content (AvgIpc) is 2.61. The third-order valence-corrected chi connectivity index (χ3v) is 3.85. The number of fused-ring (bicyclic) bond motifs is 1. The summed E-state index contributed by atoms with van der Waals surface area (Å²) in [4.78, 5) is 4.61. The van der Waals surface area contributed by atoms with Crippen molar-refractivity contribution in [1.29, 1.82) is 0 Å². The Labute approximate surface area is 101 Å². The first kappa shape index (κ1) is 11.5. The van der Waals surface area contributed by atoms with E-state index in [0.717, 1.165) is 17.3 Å². The van der Waals surface area contributed by atoms with Gasteiger partial charge in [-0.05, 0) is 30.7 Å². The van der Waals surface area contributed by atoms with Gasteiger partial charge in [0.25, 0.3) is 0 Å². The highest BCUT2D eigenvalue weighted by Gasteiger charge is 2.03. The van der Waals surface area contributed by atoms with E-state index in [-0.39, 0.29) is 0 Å². The second-order valence-corrected chi connectivity index (χ2v) is 5.57. The summed E-state index contributed by atoms with van der Waals surface area (Å²) in [6.45, 7) is 6.61. The summed E-state index contributed by atoms with van der Waals surface area (Å²) < 4.78 is 2.16. The zero-order valence-corrected chi connectivity index (χ0v) is 10.9. The van der Waals surface area contributed by atoms with E-state index in [2.05, 4.69) is 54.6 Å². The van der Waals surface area contributed by atoms with Crippen LogP contribution in [0, 0.1) is 12.8 Å². The molecule has 86 valence electrons. The van der Waals surface area contributed by atoms with Crippen molar-refractivity contribution >= 4 is 17.4 Å². The second kappa shape index (κ2) is 4.91. The molecule has 0 radical (unpaired) electrons. The lowest BCUT2D eigenvalue weighted by Gasteiger charge is -2.01. The van der Waals surface area contributed by atoms with Crippen LogP contribution < -0.4 is 0 Å². The molecule has 0 saturated carbocycles. The monoisotopic (exact) mass is 234 g/mol. The summed E-state index contributed by atoms with van der Waals surface area (Å²) in [6.07, 6.45) is 2.15. The SMILES string of the molecule is Cc1cccc2nc(CSCC(C)C)cn12. The lowest BCUT2D eigenvalue weighted by Crippen LogP contribution is -1.91. The number of thioether (sulfide) groups is 1. The molecule has 0 N–H and O–H groups in total. The minimum absolute atomic E-state index is 0.753. The van der Waals surface area contributed by atoms with E-state index in [1.807, 2.05) is 11.8 Å². The number of hydrogen-bond acceptors (Lipinski definition) is 2. The summed E-state index contributed by atoms with van der Waals surface area (Å²) in [5, 5.41) is 0. The van der Waals surface area contributed by atoms with E-state index in [9.17, 15) is 0 Å². The van der Waals surface area contributed by atoms with Crippen LogP contribution in [0.4, 0.5) is 0 Å². The highest BCUT2D eigenvalue weighted by Crippen LogP contribution is 2.16. The Hall–Kier alpha value is -0.960. The Morgan fingerprint density at radius 1 is 1.38 bits per heavy atom. The molecular weight excluding hydrogens is 216 g/mol. The molecule has 0 spiro atoms. The van der Waals surface area contributed by atoms with E-state index in [0.29, 0.717) is 0 Å². The van der Waals surface area contributed by atoms with Crippen LogP contribution in [0.5, 0.6) is 0 Å². The van der Waals surface area contributed by atoms with Crippen LogP contribution in [0.25, 0.3) is 5.65 Å². The molecule has 16 heavy (non-hydrogen) atoms. The van der Waals surface area contributed by atoms with Crippen molar-refractivity contribution < 1.29 is 0 Å². The Balaban J connectivity index is 2.11. The molecule has 0 amide bonds. The fourth-order valence-corrected chi connectivity index (χ4v) is 2.61. The van der Waals surface area contributed by atoms with Gasteiger partial charge in [-0.2, -0.15) is 11.8 Å². The molecular formula is C13H18N2S. The standard InChI is InChI=1S/C13H18N2S/c1-10(2)8-16-9-12-7-15-11(3)5-4-6-13(15)14-12/h4-7,10H,8-9H2,1-3H3. The van der Waals surface area contributed by atoms with E-state index in [4.69, 9.17) is 0 Å². The molecule has 0 fully saturated rings. The van der Waals surface area contributed by atoms with Gasteiger partial charge < -0.3 is 4.40 Å². The third-order valence-electron chi connectivity index (χ3n) is 2.45. The number of aryl methyl sites for hydroxylation is 1. The fraction of sp³-hybridized carbons (Fsp3) is 0.462. The van der Waals surface area contributed by atoms with Crippen LogP contribution in [0.3, 0.4) is 0 Å². The van der Waals surface area contributed by atoms with Crippen molar-refractivity contribution in [2.24, 2.45) is 5.92 Å². The number of imidazole rings is 1. The van der Waals surface area contributed by atoms with E-state index in [1.165, 1.54) is 17.1 Å². The van der Waals surface area contributed by atoms with Gasteiger partial charge in [0, 0.05) is 17.6 Å². The molecule has 0 aliphatic rings. The maximum absolute atomic E-state index is 4.61. The number of hydrogen-bond donors (Lipinski definition) is 0. The molecule has 0 aliphatic heterocycles. The van der Waals surface area contributed by atoms with Gasteiger partial charge in [0.2, 0.25) is 0 Å². The summed E-state index contributed by atoms with van der Waals surface area (Å²) in [6, 6.07) is 6.23. The molecule has 0 saturated heterocycles. The van der Waals surface area contributed by atoms with Crippen molar-refractivity contribution in [3.05, 3.63) is 35.8 Å². The predicted molar refractivity (Wildman–Crippen MR) is 70.9 cm³/mol. The first-order valence-electron chi connectivity index (χ1n) is 5.68. The summed E-state index contributed by atoms with van der Waals surface area (Å²) in [7, 11) is 0. The minimum Gasteiger partial charge on any atom is -0.304 e. The van der Waals surface area contributed by atoms with Crippen LogP contribution >= 0.6 is 11.8 Å². The molecule has 2 aromatic heterocycles. The quantitative estimate of drug-likeness (QED) is 0.805. The first-order chi connectivity index (χ1) is 7.66.